The summed E-state index contributed by atoms with van der Waals surface area (Å²) in [6.07, 6.45) is 0.0704. The number of hydrogen-bond acceptors (Lipinski definition) is 4. The highest BCUT2D eigenvalue weighted by Crippen LogP contribution is 2.20. The van der Waals surface area contributed by atoms with Crippen LogP contribution in [0.3, 0.4) is 0 Å². The molecule has 0 heterocycles. The highest BCUT2D eigenvalue weighted by Gasteiger charge is 2.14. The van der Waals surface area contributed by atoms with E-state index in [4.69, 9.17) is 16.3 Å². The average molecular weight is 445 g/mol. The molecule has 0 aliphatic rings. The molecule has 0 saturated carbocycles. The van der Waals surface area contributed by atoms with E-state index in [0.717, 1.165) is 5.75 Å². The first-order chi connectivity index (χ1) is 14.2. The lowest BCUT2D eigenvalue weighted by atomic mass is 10.2. The molecule has 0 spiro atoms. The monoisotopic (exact) mass is 444 g/mol. The van der Waals surface area contributed by atoms with Crippen molar-refractivity contribution in [3.8, 4) is 5.75 Å². The van der Waals surface area contributed by atoms with Crippen LogP contribution in [0.5, 0.6) is 5.75 Å². The van der Waals surface area contributed by atoms with Crippen molar-refractivity contribution >= 4 is 38.9 Å². The van der Waals surface area contributed by atoms with E-state index in [-0.39, 0.29) is 16.9 Å². The number of benzene rings is 3. The van der Waals surface area contributed by atoms with Crippen LogP contribution in [0.2, 0.25) is 5.02 Å². The molecule has 0 atom stereocenters. The number of ether oxygens (including phenoxy) is 1. The quantitative estimate of drug-likeness (QED) is 0.525. The molecule has 6 nitrogen and oxygen atoms in total. The summed E-state index contributed by atoms with van der Waals surface area (Å²) >= 11 is 5.80. The summed E-state index contributed by atoms with van der Waals surface area (Å²) in [7, 11) is -3.75. The minimum Gasteiger partial charge on any atom is -0.491 e. The second-order valence-electron chi connectivity index (χ2n) is 6.78. The summed E-state index contributed by atoms with van der Waals surface area (Å²) in [5, 5.41) is 3.24. The van der Waals surface area contributed by atoms with Crippen molar-refractivity contribution in [2.75, 3.05) is 10.0 Å². The van der Waals surface area contributed by atoms with E-state index in [2.05, 4.69) is 10.0 Å². The van der Waals surface area contributed by atoms with Crippen molar-refractivity contribution < 1.29 is 17.9 Å². The number of halogens is 1. The zero-order valence-electron chi connectivity index (χ0n) is 16.4. The van der Waals surface area contributed by atoms with Crippen molar-refractivity contribution in [1.82, 2.24) is 0 Å². The fraction of sp³-hybridized carbons (Fsp3) is 0.136. The maximum Gasteiger partial charge on any atom is 0.261 e. The molecule has 0 aliphatic heterocycles. The van der Waals surface area contributed by atoms with Gasteiger partial charge in [-0.25, -0.2) is 8.42 Å². The van der Waals surface area contributed by atoms with E-state index in [1.165, 1.54) is 36.4 Å². The van der Waals surface area contributed by atoms with Gasteiger partial charge in [0.25, 0.3) is 15.9 Å². The molecule has 0 aliphatic carbocycles. The molecule has 0 unspecified atom stereocenters. The minimum absolute atomic E-state index is 0.0704. The molecule has 0 bridgehead atoms. The lowest BCUT2D eigenvalue weighted by molar-refractivity contribution is 0.102. The van der Waals surface area contributed by atoms with Gasteiger partial charge < -0.3 is 10.1 Å². The smallest absolute Gasteiger partial charge is 0.261 e. The Labute approximate surface area is 180 Å². The number of anilines is 2. The molecular weight excluding hydrogens is 424 g/mol. The molecule has 1 amide bonds. The van der Waals surface area contributed by atoms with E-state index < -0.39 is 10.0 Å². The van der Waals surface area contributed by atoms with Gasteiger partial charge in [0.1, 0.15) is 5.75 Å². The molecule has 0 saturated heterocycles. The van der Waals surface area contributed by atoms with Gasteiger partial charge in [0.15, 0.2) is 0 Å². The Hall–Kier alpha value is -3.03. The standard InChI is InChI=1S/C22H21ClN2O4S/c1-15(2)29-20-11-9-18(10-12-20)24-22(26)16-3-7-19(8-4-16)25-30(27,28)21-13-5-17(23)6-14-21/h3-15,25H,1-2H3,(H,24,26). The molecule has 3 aromatic rings. The third kappa shape index (κ3) is 5.75. The average Bonchev–Trinajstić information content (AvgIpc) is 2.69. The van der Waals surface area contributed by atoms with Crippen LogP contribution < -0.4 is 14.8 Å². The van der Waals surface area contributed by atoms with Gasteiger partial charge in [-0.15, -0.1) is 0 Å². The van der Waals surface area contributed by atoms with E-state index in [9.17, 15) is 13.2 Å². The van der Waals surface area contributed by atoms with Crippen LogP contribution in [-0.2, 0) is 10.0 Å². The van der Waals surface area contributed by atoms with Crippen molar-refractivity contribution in [3.05, 3.63) is 83.4 Å². The zero-order chi connectivity index (χ0) is 21.7. The molecule has 30 heavy (non-hydrogen) atoms. The molecule has 0 radical (unpaired) electrons. The Balaban J connectivity index is 1.64. The second kappa shape index (κ2) is 9.19. The zero-order valence-corrected chi connectivity index (χ0v) is 18.0. The number of sulfonamides is 1. The van der Waals surface area contributed by atoms with E-state index >= 15 is 0 Å². The third-order valence-corrected chi connectivity index (χ3v) is 5.66. The molecule has 3 rings (SSSR count). The van der Waals surface area contributed by atoms with E-state index in [1.807, 2.05) is 13.8 Å². The first-order valence-electron chi connectivity index (χ1n) is 9.19. The number of amides is 1. The normalized spacial score (nSPS) is 11.2. The number of carbonyl (C=O) groups is 1. The predicted octanol–water partition coefficient (Wildman–Crippen LogP) is 5.18. The molecule has 3 aromatic carbocycles. The summed E-state index contributed by atoms with van der Waals surface area (Å²) in [4.78, 5) is 12.5. The fourth-order valence-electron chi connectivity index (χ4n) is 2.61. The molecule has 2 N–H and O–H groups in total. The van der Waals surface area contributed by atoms with E-state index in [1.54, 1.807) is 36.4 Å². The summed E-state index contributed by atoms with van der Waals surface area (Å²) < 4.78 is 32.9. The van der Waals surface area contributed by atoms with Crippen LogP contribution in [0.25, 0.3) is 0 Å². The lowest BCUT2D eigenvalue weighted by Crippen LogP contribution is -2.14. The van der Waals surface area contributed by atoms with Crippen LogP contribution in [0.4, 0.5) is 11.4 Å². The van der Waals surface area contributed by atoms with Crippen molar-refractivity contribution in [1.29, 1.82) is 0 Å². The van der Waals surface area contributed by atoms with Gasteiger partial charge in [0, 0.05) is 22.0 Å². The summed E-state index contributed by atoms with van der Waals surface area (Å²) in [6, 6.07) is 19.1. The molecule has 156 valence electrons. The maximum atomic E-state index is 12.4. The fourth-order valence-corrected chi connectivity index (χ4v) is 3.79. The van der Waals surface area contributed by atoms with Crippen LogP contribution in [0, 0.1) is 0 Å². The maximum absolute atomic E-state index is 12.4. The largest absolute Gasteiger partial charge is 0.491 e. The van der Waals surface area contributed by atoms with Crippen molar-refractivity contribution in [2.24, 2.45) is 0 Å². The van der Waals surface area contributed by atoms with Crippen molar-refractivity contribution in [2.45, 2.75) is 24.8 Å². The topological polar surface area (TPSA) is 84.5 Å². The second-order valence-corrected chi connectivity index (χ2v) is 8.90. The molecule has 0 fully saturated rings. The van der Waals surface area contributed by atoms with Gasteiger partial charge in [-0.05, 0) is 86.6 Å². The number of carbonyl (C=O) groups excluding carboxylic acids is 1. The van der Waals surface area contributed by atoms with Crippen molar-refractivity contribution in [3.63, 3.8) is 0 Å². The van der Waals surface area contributed by atoms with Gasteiger partial charge in [-0.1, -0.05) is 11.6 Å². The number of rotatable bonds is 7. The van der Waals surface area contributed by atoms with Crippen LogP contribution >= 0.6 is 11.6 Å². The predicted molar refractivity (Wildman–Crippen MR) is 119 cm³/mol. The first kappa shape index (κ1) is 21.7. The number of hydrogen-bond donors (Lipinski definition) is 2. The molecule has 8 heteroatoms. The first-order valence-corrected chi connectivity index (χ1v) is 11.1. The summed E-state index contributed by atoms with van der Waals surface area (Å²) in [5.41, 5.74) is 1.37. The van der Waals surface area contributed by atoms with Crippen LogP contribution in [-0.4, -0.2) is 20.4 Å². The van der Waals surface area contributed by atoms with Crippen LogP contribution in [0.1, 0.15) is 24.2 Å². The minimum atomic E-state index is -3.75. The van der Waals surface area contributed by atoms with Gasteiger partial charge in [0.2, 0.25) is 0 Å². The van der Waals surface area contributed by atoms with Gasteiger partial charge >= 0.3 is 0 Å². The Kier molecular flexibility index (Phi) is 6.64. The summed E-state index contributed by atoms with van der Waals surface area (Å²) in [5.74, 6) is 0.417. The Bertz CT molecular complexity index is 1110. The van der Waals surface area contributed by atoms with Gasteiger partial charge in [-0.3, -0.25) is 9.52 Å². The number of nitrogens with one attached hydrogen (secondary N) is 2. The van der Waals surface area contributed by atoms with Crippen LogP contribution in [0.15, 0.2) is 77.7 Å². The Morgan fingerprint density at radius 1 is 0.867 bits per heavy atom. The molecule has 0 aromatic heterocycles. The molecular formula is C22H21ClN2O4S. The van der Waals surface area contributed by atoms with Gasteiger partial charge in [-0.2, -0.15) is 0 Å². The Morgan fingerprint density at radius 3 is 2.00 bits per heavy atom. The summed E-state index contributed by atoms with van der Waals surface area (Å²) in [6.45, 7) is 3.88. The van der Waals surface area contributed by atoms with Gasteiger partial charge in [0.05, 0.1) is 11.0 Å². The lowest BCUT2D eigenvalue weighted by Gasteiger charge is -2.11. The SMILES string of the molecule is CC(C)Oc1ccc(NC(=O)c2ccc(NS(=O)(=O)c3ccc(Cl)cc3)cc2)cc1. The Morgan fingerprint density at radius 2 is 1.43 bits per heavy atom. The highest BCUT2D eigenvalue weighted by molar-refractivity contribution is 7.92. The highest BCUT2D eigenvalue weighted by atomic mass is 35.5. The van der Waals surface area contributed by atoms with E-state index in [0.29, 0.717) is 22.0 Å². The third-order valence-electron chi connectivity index (χ3n) is 4.01.